The first-order valence-corrected chi connectivity index (χ1v) is 7.97. The lowest BCUT2D eigenvalue weighted by molar-refractivity contribution is 0.228. The second-order valence-electron chi connectivity index (χ2n) is 5.69. The molecule has 0 aromatic carbocycles. The van der Waals surface area contributed by atoms with Crippen LogP contribution in [0.1, 0.15) is 43.9 Å². The Morgan fingerprint density at radius 3 is 3.04 bits per heavy atom. The molecule has 3 rings (SSSR count). The third-order valence-electron chi connectivity index (χ3n) is 4.16. The highest BCUT2D eigenvalue weighted by Crippen LogP contribution is 2.30. The molecular formula is C15H22N6O2. The summed E-state index contributed by atoms with van der Waals surface area (Å²) < 4.78 is 6.92. The monoisotopic (exact) mass is 318 g/mol. The molecule has 8 heteroatoms. The van der Waals surface area contributed by atoms with Gasteiger partial charge in [0.15, 0.2) is 0 Å². The molecule has 0 aliphatic carbocycles. The van der Waals surface area contributed by atoms with E-state index in [1.54, 1.807) is 6.33 Å². The third-order valence-corrected chi connectivity index (χ3v) is 4.16. The zero-order valence-corrected chi connectivity index (χ0v) is 13.5. The molecule has 2 aromatic rings. The predicted octanol–water partition coefficient (Wildman–Crippen LogP) is 1.12. The molecule has 0 amide bonds. The van der Waals surface area contributed by atoms with Crippen molar-refractivity contribution in [3.8, 4) is 5.75 Å². The van der Waals surface area contributed by atoms with Crippen LogP contribution in [0.5, 0.6) is 5.75 Å². The van der Waals surface area contributed by atoms with Crippen LogP contribution in [0.4, 0.5) is 0 Å². The number of aryl methyl sites for hydroxylation is 1. The average Bonchev–Trinajstić information content (AvgIpc) is 3.18. The van der Waals surface area contributed by atoms with Crippen LogP contribution in [0, 0.1) is 0 Å². The maximum atomic E-state index is 11.9. The summed E-state index contributed by atoms with van der Waals surface area (Å²) in [5.74, 6) is 1.88. The van der Waals surface area contributed by atoms with Gasteiger partial charge in [-0.1, -0.05) is 6.92 Å². The van der Waals surface area contributed by atoms with E-state index >= 15 is 0 Å². The van der Waals surface area contributed by atoms with E-state index in [0.29, 0.717) is 12.4 Å². The number of nitrogens with zero attached hydrogens (tertiary/aromatic N) is 5. The van der Waals surface area contributed by atoms with Crippen LogP contribution in [0.2, 0.25) is 0 Å². The van der Waals surface area contributed by atoms with Gasteiger partial charge in [0.2, 0.25) is 5.75 Å². The van der Waals surface area contributed by atoms with E-state index in [1.807, 2.05) is 4.68 Å². The Morgan fingerprint density at radius 1 is 1.43 bits per heavy atom. The number of aromatic nitrogens is 5. The first-order chi connectivity index (χ1) is 11.2. The van der Waals surface area contributed by atoms with Crippen molar-refractivity contribution < 1.29 is 4.74 Å². The van der Waals surface area contributed by atoms with Crippen molar-refractivity contribution in [2.75, 3.05) is 13.7 Å². The molecule has 1 unspecified atom stereocenters. The van der Waals surface area contributed by atoms with Crippen LogP contribution in [0.15, 0.2) is 17.3 Å². The highest BCUT2D eigenvalue weighted by molar-refractivity contribution is 5.14. The molecule has 1 saturated heterocycles. The van der Waals surface area contributed by atoms with Gasteiger partial charge in [-0.3, -0.25) is 9.69 Å². The fourth-order valence-corrected chi connectivity index (χ4v) is 3.03. The topological polar surface area (TPSA) is 88.9 Å². The van der Waals surface area contributed by atoms with Crippen LogP contribution in [0.3, 0.4) is 0 Å². The van der Waals surface area contributed by atoms with Gasteiger partial charge < -0.3 is 9.72 Å². The number of hydrogen-bond acceptors (Lipinski definition) is 6. The maximum absolute atomic E-state index is 11.9. The van der Waals surface area contributed by atoms with Gasteiger partial charge in [0.1, 0.15) is 18.0 Å². The Kier molecular flexibility index (Phi) is 4.71. The predicted molar refractivity (Wildman–Crippen MR) is 84.1 cm³/mol. The van der Waals surface area contributed by atoms with Crippen molar-refractivity contribution in [2.24, 2.45) is 0 Å². The van der Waals surface area contributed by atoms with Crippen LogP contribution in [-0.2, 0) is 13.1 Å². The normalized spacial score (nSPS) is 18.4. The van der Waals surface area contributed by atoms with Crippen molar-refractivity contribution in [2.45, 2.75) is 45.3 Å². The molecule has 2 aromatic heterocycles. The summed E-state index contributed by atoms with van der Waals surface area (Å²) in [6.45, 7) is 4.65. The molecule has 124 valence electrons. The minimum atomic E-state index is -0.238. The molecule has 0 radical (unpaired) electrons. The van der Waals surface area contributed by atoms with Crippen LogP contribution < -0.4 is 10.3 Å². The Hall–Kier alpha value is -2.22. The zero-order valence-electron chi connectivity index (χ0n) is 13.5. The highest BCUT2D eigenvalue weighted by Gasteiger charge is 2.29. The number of rotatable bonds is 6. The molecular weight excluding hydrogens is 296 g/mol. The molecule has 1 atom stereocenters. The number of methoxy groups -OCH3 is 1. The molecule has 1 aliphatic rings. The van der Waals surface area contributed by atoms with E-state index < -0.39 is 0 Å². The number of H-pyrrole nitrogens is 1. The fourth-order valence-electron chi connectivity index (χ4n) is 3.03. The lowest BCUT2D eigenvalue weighted by Crippen LogP contribution is -2.28. The van der Waals surface area contributed by atoms with Crippen LogP contribution >= 0.6 is 0 Å². The van der Waals surface area contributed by atoms with Crippen LogP contribution in [0.25, 0.3) is 0 Å². The molecule has 23 heavy (non-hydrogen) atoms. The number of hydrogen-bond donors (Lipinski definition) is 1. The minimum absolute atomic E-state index is 0.0976. The second kappa shape index (κ2) is 6.91. The molecule has 1 N–H and O–H groups in total. The lowest BCUT2D eigenvalue weighted by atomic mass is 10.2. The molecule has 0 saturated carbocycles. The highest BCUT2D eigenvalue weighted by atomic mass is 16.5. The van der Waals surface area contributed by atoms with Gasteiger partial charge in [0.25, 0.3) is 5.56 Å². The summed E-state index contributed by atoms with van der Waals surface area (Å²) in [7, 11) is 1.47. The van der Waals surface area contributed by atoms with E-state index in [4.69, 9.17) is 4.74 Å². The first kappa shape index (κ1) is 15.7. The summed E-state index contributed by atoms with van der Waals surface area (Å²) in [6, 6.07) is 0.0976. The average molecular weight is 318 g/mol. The van der Waals surface area contributed by atoms with Crippen molar-refractivity contribution >= 4 is 0 Å². The van der Waals surface area contributed by atoms with Gasteiger partial charge in [-0.25, -0.2) is 14.6 Å². The molecule has 8 nitrogen and oxygen atoms in total. The largest absolute Gasteiger partial charge is 0.490 e. The Balaban J connectivity index is 1.79. The smallest absolute Gasteiger partial charge is 0.293 e. The Labute approximate surface area is 134 Å². The molecule has 1 aliphatic heterocycles. The quantitative estimate of drug-likeness (QED) is 0.858. The zero-order chi connectivity index (χ0) is 16.2. The number of ether oxygens (including phenoxy) is 1. The van der Waals surface area contributed by atoms with Gasteiger partial charge in [0.05, 0.1) is 25.9 Å². The number of likely N-dealkylation sites (tertiary alicyclic amines) is 1. The lowest BCUT2D eigenvalue weighted by Gasteiger charge is -2.23. The Morgan fingerprint density at radius 2 is 2.30 bits per heavy atom. The third kappa shape index (κ3) is 3.26. The van der Waals surface area contributed by atoms with E-state index in [-0.39, 0.29) is 17.4 Å². The van der Waals surface area contributed by atoms with Gasteiger partial charge >= 0.3 is 0 Å². The minimum Gasteiger partial charge on any atom is -0.490 e. The summed E-state index contributed by atoms with van der Waals surface area (Å²) in [5, 5.41) is 4.27. The van der Waals surface area contributed by atoms with E-state index in [2.05, 4.69) is 31.9 Å². The van der Waals surface area contributed by atoms with Gasteiger partial charge in [-0.15, -0.1) is 0 Å². The number of nitrogens with one attached hydrogen (secondary N) is 1. The van der Waals surface area contributed by atoms with Gasteiger partial charge in [-0.05, 0) is 25.8 Å². The first-order valence-electron chi connectivity index (χ1n) is 7.97. The molecule has 3 heterocycles. The molecule has 1 fully saturated rings. The van der Waals surface area contributed by atoms with Crippen molar-refractivity contribution in [3.05, 3.63) is 34.5 Å². The summed E-state index contributed by atoms with van der Waals surface area (Å²) in [4.78, 5) is 25.8. The second-order valence-corrected chi connectivity index (χ2v) is 5.69. The SMILES string of the molecule is CCCn1ncnc1CN1CCCC1c1ncc(OC)c(=O)[nH]1. The summed E-state index contributed by atoms with van der Waals surface area (Å²) >= 11 is 0. The molecule has 0 spiro atoms. The van der Waals surface area contributed by atoms with Crippen LogP contribution in [-0.4, -0.2) is 43.3 Å². The van der Waals surface area contributed by atoms with Crippen molar-refractivity contribution in [3.63, 3.8) is 0 Å². The van der Waals surface area contributed by atoms with E-state index in [0.717, 1.165) is 38.2 Å². The summed E-state index contributed by atoms with van der Waals surface area (Å²) in [5.41, 5.74) is -0.238. The van der Waals surface area contributed by atoms with Gasteiger partial charge in [-0.2, -0.15) is 5.10 Å². The van der Waals surface area contributed by atoms with Crippen molar-refractivity contribution in [1.82, 2.24) is 29.6 Å². The summed E-state index contributed by atoms with van der Waals surface area (Å²) in [6.07, 6.45) is 6.15. The van der Waals surface area contributed by atoms with E-state index in [1.165, 1.54) is 13.3 Å². The standard InChI is InChI=1S/C15H22N6O2/c1-3-6-21-13(17-10-18-21)9-20-7-4-5-11(20)14-16-8-12(23-2)15(22)19-14/h8,10-11H,3-7,9H2,1-2H3,(H,16,19,22). The molecule has 0 bridgehead atoms. The van der Waals surface area contributed by atoms with Crippen molar-refractivity contribution in [1.29, 1.82) is 0 Å². The fraction of sp³-hybridized carbons (Fsp3) is 0.600. The maximum Gasteiger partial charge on any atom is 0.293 e. The Bertz CT molecular complexity index is 710. The number of aromatic amines is 1. The van der Waals surface area contributed by atoms with E-state index in [9.17, 15) is 4.79 Å². The van der Waals surface area contributed by atoms with Gasteiger partial charge in [0, 0.05) is 6.54 Å².